The molecule has 2 aliphatic rings. The van der Waals surface area contributed by atoms with E-state index in [-0.39, 0.29) is 17.7 Å². The number of amides is 2. The second-order valence-corrected chi connectivity index (χ2v) is 6.99. The Balaban J connectivity index is 1.69. The van der Waals surface area contributed by atoms with E-state index in [0.29, 0.717) is 17.8 Å². The van der Waals surface area contributed by atoms with Crippen molar-refractivity contribution >= 4 is 28.9 Å². The lowest BCUT2D eigenvalue weighted by molar-refractivity contribution is -0.125. The fraction of sp³-hybridized carbons (Fsp3) is 0.526. The summed E-state index contributed by atoms with van der Waals surface area (Å²) in [4.78, 5) is 30.0. The molecule has 1 atom stereocenters. The summed E-state index contributed by atoms with van der Waals surface area (Å²) in [6.07, 6.45) is 5.17. The van der Waals surface area contributed by atoms with Crippen LogP contribution in [0.5, 0.6) is 0 Å². The number of oxime groups is 1. The molecule has 1 saturated carbocycles. The predicted molar refractivity (Wildman–Crippen MR) is 97.6 cm³/mol. The minimum Gasteiger partial charge on any atom is -0.382 e. The maximum atomic E-state index is 12.5. The smallest absolute Gasteiger partial charge is 0.268 e. The predicted octanol–water partition coefficient (Wildman–Crippen LogP) is 3.62. The Hall–Kier alpha value is -2.37. The van der Waals surface area contributed by atoms with Gasteiger partial charge in [0, 0.05) is 12.3 Å². The van der Waals surface area contributed by atoms with Gasteiger partial charge in [-0.2, -0.15) is 0 Å². The number of aryl methyl sites for hydroxylation is 1. The molecular weight excluding hydrogens is 318 g/mol. The highest BCUT2D eigenvalue weighted by Gasteiger charge is 2.27. The summed E-state index contributed by atoms with van der Waals surface area (Å²) in [5.74, 6) is -0.150. The molecule has 1 heterocycles. The van der Waals surface area contributed by atoms with Gasteiger partial charge in [-0.25, -0.2) is 0 Å². The zero-order valence-electron chi connectivity index (χ0n) is 14.8. The van der Waals surface area contributed by atoms with Crippen LogP contribution in [0.2, 0.25) is 0 Å². The van der Waals surface area contributed by atoms with Crippen molar-refractivity contribution in [3.05, 3.63) is 23.8 Å². The Morgan fingerprint density at radius 3 is 2.44 bits per heavy atom. The Labute approximate surface area is 148 Å². The van der Waals surface area contributed by atoms with Crippen LogP contribution in [-0.4, -0.2) is 23.6 Å². The molecule has 0 spiro atoms. The van der Waals surface area contributed by atoms with Gasteiger partial charge in [-0.15, -0.1) is 0 Å². The van der Waals surface area contributed by atoms with Crippen LogP contribution >= 0.6 is 0 Å². The molecule has 25 heavy (non-hydrogen) atoms. The molecule has 0 unspecified atom stereocenters. The van der Waals surface area contributed by atoms with Gasteiger partial charge in [-0.3, -0.25) is 9.59 Å². The summed E-state index contributed by atoms with van der Waals surface area (Å²) >= 11 is 0. The topological polar surface area (TPSA) is 79.8 Å². The summed E-state index contributed by atoms with van der Waals surface area (Å²) in [6.45, 7) is 3.78. The van der Waals surface area contributed by atoms with Gasteiger partial charge < -0.3 is 15.5 Å². The molecule has 3 rings (SSSR count). The fourth-order valence-electron chi connectivity index (χ4n) is 3.32. The van der Waals surface area contributed by atoms with Gasteiger partial charge in [0.25, 0.3) is 5.91 Å². The number of hydrogen-bond acceptors (Lipinski definition) is 4. The van der Waals surface area contributed by atoms with Gasteiger partial charge >= 0.3 is 0 Å². The van der Waals surface area contributed by atoms with Crippen molar-refractivity contribution in [2.75, 3.05) is 10.6 Å². The van der Waals surface area contributed by atoms with Gasteiger partial charge in [0.05, 0.1) is 17.1 Å². The highest BCUT2D eigenvalue weighted by molar-refractivity contribution is 6.03. The van der Waals surface area contributed by atoms with Crippen molar-refractivity contribution in [1.29, 1.82) is 0 Å². The number of nitrogens with one attached hydrogen (secondary N) is 2. The third-order valence-electron chi connectivity index (χ3n) is 4.78. The molecule has 1 aliphatic carbocycles. The second-order valence-electron chi connectivity index (χ2n) is 6.99. The lowest BCUT2D eigenvalue weighted by atomic mass is 9.88. The van der Waals surface area contributed by atoms with Crippen LogP contribution < -0.4 is 10.6 Å². The van der Waals surface area contributed by atoms with Gasteiger partial charge in [0.15, 0.2) is 0 Å². The second kappa shape index (κ2) is 7.68. The third kappa shape index (κ3) is 4.38. The van der Waals surface area contributed by atoms with Crippen molar-refractivity contribution in [1.82, 2.24) is 0 Å². The van der Waals surface area contributed by atoms with Crippen LogP contribution in [0.15, 0.2) is 23.4 Å². The standard InChI is InChI=1S/C19H25N3O3/c1-12-8-9-15(20-18(23)14-6-4-3-5-7-14)16(10-12)21-19(24)17-11-13(2)22-25-17/h8-10,14,17H,3-7,11H2,1-2H3,(H,20,23)(H,21,24)/t17-/m1/s1. The largest absolute Gasteiger partial charge is 0.382 e. The number of rotatable bonds is 4. The average Bonchev–Trinajstić information content (AvgIpc) is 3.04. The number of carbonyl (C=O) groups excluding carboxylic acids is 2. The number of anilines is 2. The first-order valence-corrected chi connectivity index (χ1v) is 8.94. The minimum absolute atomic E-state index is 0.0374. The molecule has 6 heteroatoms. The van der Waals surface area contributed by atoms with E-state index in [2.05, 4.69) is 15.8 Å². The third-order valence-corrected chi connectivity index (χ3v) is 4.78. The van der Waals surface area contributed by atoms with Crippen molar-refractivity contribution in [2.45, 2.75) is 58.5 Å². The van der Waals surface area contributed by atoms with Gasteiger partial charge in [-0.05, 0) is 44.4 Å². The first kappa shape index (κ1) is 17.5. The molecule has 0 aromatic heterocycles. The van der Waals surface area contributed by atoms with Gasteiger partial charge in [-0.1, -0.05) is 30.5 Å². The first-order valence-electron chi connectivity index (χ1n) is 8.94. The van der Waals surface area contributed by atoms with Gasteiger partial charge in [0.1, 0.15) is 0 Å². The summed E-state index contributed by atoms with van der Waals surface area (Å²) in [5, 5.41) is 9.68. The van der Waals surface area contributed by atoms with E-state index < -0.39 is 6.10 Å². The Kier molecular flexibility index (Phi) is 5.36. The van der Waals surface area contributed by atoms with Crippen LogP contribution in [0, 0.1) is 12.8 Å². The highest BCUT2D eigenvalue weighted by atomic mass is 16.6. The quantitative estimate of drug-likeness (QED) is 0.876. The van der Waals surface area contributed by atoms with E-state index in [0.717, 1.165) is 37.0 Å². The maximum absolute atomic E-state index is 12.5. The zero-order chi connectivity index (χ0) is 17.8. The average molecular weight is 343 g/mol. The molecule has 0 radical (unpaired) electrons. The van der Waals surface area contributed by atoms with Crippen LogP contribution in [0.3, 0.4) is 0 Å². The van der Waals surface area contributed by atoms with Crippen LogP contribution in [0.4, 0.5) is 11.4 Å². The van der Waals surface area contributed by atoms with Gasteiger partial charge in [0.2, 0.25) is 12.0 Å². The molecule has 1 aliphatic heterocycles. The minimum atomic E-state index is -0.609. The molecule has 2 N–H and O–H groups in total. The summed E-state index contributed by atoms with van der Waals surface area (Å²) < 4.78 is 0. The molecule has 0 bridgehead atoms. The summed E-state index contributed by atoms with van der Waals surface area (Å²) in [7, 11) is 0. The number of carbonyl (C=O) groups is 2. The highest BCUT2D eigenvalue weighted by Crippen LogP contribution is 2.28. The lowest BCUT2D eigenvalue weighted by Gasteiger charge is -2.22. The molecular formula is C19H25N3O3. The summed E-state index contributed by atoms with van der Waals surface area (Å²) in [6, 6.07) is 5.62. The van der Waals surface area contributed by atoms with E-state index in [1.807, 2.05) is 32.0 Å². The van der Waals surface area contributed by atoms with E-state index in [1.165, 1.54) is 6.42 Å². The Morgan fingerprint density at radius 1 is 1.04 bits per heavy atom. The van der Waals surface area contributed by atoms with E-state index in [9.17, 15) is 9.59 Å². The van der Waals surface area contributed by atoms with E-state index in [4.69, 9.17) is 4.84 Å². The fourth-order valence-corrected chi connectivity index (χ4v) is 3.32. The number of hydrogen-bond donors (Lipinski definition) is 2. The normalized spacial score (nSPS) is 20.6. The van der Waals surface area contributed by atoms with Crippen LogP contribution in [0.1, 0.15) is 51.0 Å². The first-order chi connectivity index (χ1) is 12.0. The van der Waals surface area contributed by atoms with Crippen molar-refractivity contribution in [3.63, 3.8) is 0 Å². The number of nitrogens with zero attached hydrogens (tertiary/aromatic N) is 1. The van der Waals surface area contributed by atoms with Crippen molar-refractivity contribution in [2.24, 2.45) is 11.1 Å². The molecule has 1 aromatic rings. The lowest BCUT2D eigenvalue weighted by Crippen LogP contribution is -2.29. The zero-order valence-corrected chi connectivity index (χ0v) is 14.8. The molecule has 1 aromatic carbocycles. The van der Waals surface area contributed by atoms with Crippen LogP contribution in [-0.2, 0) is 14.4 Å². The monoisotopic (exact) mass is 343 g/mol. The Bertz CT molecular complexity index is 693. The Morgan fingerprint density at radius 2 is 1.76 bits per heavy atom. The molecule has 0 saturated heterocycles. The number of benzene rings is 1. The van der Waals surface area contributed by atoms with Crippen molar-refractivity contribution < 1.29 is 14.4 Å². The summed E-state index contributed by atoms with van der Waals surface area (Å²) in [5.41, 5.74) is 3.04. The molecule has 134 valence electrons. The SMILES string of the molecule is CC1=NO[C@@H](C(=O)Nc2cc(C)ccc2NC(=O)C2CCCCC2)C1. The van der Waals surface area contributed by atoms with Crippen LogP contribution in [0.25, 0.3) is 0 Å². The van der Waals surface area contributed by atoms with Crippen molar-refractivity contribution in [3.8, 4) is 0 Å². The molecule has 2 amide bonds. The molecule has 1 fully saturated rings. The van der Waals surface area contributed by atoms with E-state index >= 15 is 0 Å². The van der Waals surface area contributed by atoms with E-state index in [1.54, 1.807) is 0 Å². The molecule has 6 nitrogen and oxygen atoms in total. The maximum Gasteiger partial charge on any atom is 0.268 e.